The highest BCUT2D eigenvalue weighted by Gasteiger charge is 2.63. The monoisotopic (exact) mass is 570 g/mol. The van der Waals surface area contributed by atoms with E-state index in [1.165, 1.54) is 0 Å². The van der Waals surface area contributed by atoms with Gasteiger partial charge in [-0.15, -0.1) is 0 Å². The normalized spacial score (nSPS) is 28.0. The average molecular weight is 572 g/mol. The molecule has 2 aliphatic rings. The van der Waals surface area contributed by atoms with Crippen molar-refractivity contribution >= 4 is 27.8 Å². The number of nitrogens with zero attached hydrogens (tertiary/aromatic N) is 4. The van der Waals surface area contributed by atoms with Crippen LogP contribution in [-0.4, -0.2) is 46.9 Å². The minimum absolute atomic E-state index is 0.0134. The lowest BCUT2D eigenvalue weighted by molar-refractivity contribution is -0.160. The molecule has 2 aromatic rings. The summed E-state index contributed by atoms with van der Waals surface area (Å²) in [5.41, 5.74) is 0.166. The first kappa shape index (κ1) is 27.2. The lowest BCUT2D eigenvalue weighted by atomic mass is 9.80. The SMILES string of the molecule is Cc1noc([C@@H]2C[C@@](CC(C)C)(C(=O)O)N(C(=O)C3(Br)C=CC(C(C)(C)C)=CC3)[C@H]2c2ccccn2)n1. The summed E-state index contributed by atoms with van der Waals surface area (Å²) in [5.74, 6) is -1.10. The van der Waals surface area contributed by atoms with E-state index >= 15 is 0 Å². The van der Waals surface area contributed by atoms with Crippen LogP contribution in [0.3, 0.4) is 0 Å². The Bertz CT molecular complexity index is 1230. The number of hydrogen-bond acceptors (Lipinski definition) is 6. The van der Waals surface area contributed by atoms with Gasteiger partial charge in [0.25, 0.3) is 0 Å². The summed E-state index contributed by atoms with van der Waals surface area (Å²) in [6, 6.07) is 4.76. The number of halogens is 1. The fourth-order valence-corrected chi connectivity index (χ4v) is 6.07. The number of carbonyl (C=O) groups excluding carboxylic acids is 1. The molecule has 1 N–H and O–H groups in total. The number of hydrogen-bond donors (Lipinski definition) is 1. The van der Waals surface area contributed by atoms with Crippen LogP contribution >= 0.6 is 15.9 Å². The fraction of sp³-hybridized carbons (Fsp3) is 0.536. The molecule has 3 heterocycles. The Morgan fingerprint density at radius 1 is 1.30 bits per heavy atom. The van der Waals surface area contributed by atoms with E-state index in [-0.39, 0.29) is 30.1 Å². The number of aryl methyl sites for hydroxylation is 1. The van der Waals surface area contributed by atoms with Gasteiger partial charge in [0.15, 0.2) is 5.82 Å². The molecule has 37 heavy (non-hydrogen) atoms. The molecule has 8 nitrogen and oxygen atoms in total. The van der Waals surface area contributed by atoms with Crippen LogP contribution in [0, 0.1) is 18.3 Å². The van der Waals surface area contributed by atoms with E-state index in [4.69, 9.17) is 4.52 Å². The summed E-state index contributed by atoms with van der Waals surface area (Å²) in [7, 11) is 0. The van der Waals surface area contributed by atoms with Crippen LogP contribution in [0.15, 0.2) is 52.7 Å². The zero-order valence-electron chi connectivity index (χ0n) is 22.2. The van der Waals surface area contributed by atoms with Gasteiger partial charge >= 0.3 is 5.97 Å². The molecule has 1 amide bonds. The Hall–Kier alpha value is -2.81. The summed E-state index contributed by atoms with van der Waals surface area (Å²) in [6.45, 7) is 12.0. The van der Waals surface area contributed by atoms with E-state index in [1.807, 2.05) is 38.1 Å². The van der Waals surface area contributed by atoms with Crippen molar-refractivity contribution in [3.05, 3.63) is 65.6 Å². The first-order valence-corrected chi connectivity index (χ1v) is 13.4. The van der Waals surface area contributed by atoms with E-state index < -0.39 is 27.8 Å². The van der Waals surface area contributed by atoms with Crippen LogP contribution < -0.4 is 0 Å². The summed E-state index contributed by atoms with van der Waals surface area (Å²) in [4.78, 5) is 38.3. The summed E-state index contributed by atoms with van der Waals surface area (Å²) in [6.07, 6.45) is 8.36. The Kier molecular flexibility index (Phi) is 7.22. The largest absolute Gasteiger partial charge is 0.479 e. The Balaban J connectivity index is 1.89. The number of aromatic nitrogens is 3. The third-order valence-corrected chi connectivity index (χ3v) is 8.19. The van der Waals surface area contributed by atoms with Gasteiger partial charge in [-0.25, -0.2) is 4.79 Å². The maximum Gasteiger partial charge on any atom is 0.329 e. The highest BCUT2D eigenvalue weighted by atomic mass is 79.9. The van der Waals surface area contributed by atoms with Crippen molar-refractivity contribution < 1.29 is 19.2 Å². The van der Waals surface area contributed by atoms with Crippen molar-refractivity contribution in [3.8, 4) is 0 Å². The van der Waals surface area contributed by atoms with Gasteiger partial charge < -0.3 is 14.5 Å². The number of aliphatic carboxylic acids is 1. The van der Waals surface area contributed by atoms with Crippen molar-refractivity contribution in [2.45, 2.75) is 82.6 Å². The Morgan fingerprint density at radius 2 is 2.03 bits per heavy atom. The van der Waals surface area contributed by atoms with Gasteiger partial charge in [0.1, 0.15) is 9.86 Å². The maximum atomic E-state index is 14.6. The van der Waals surface area contributed by atoms with Crippen molar-refractivity contribution in [3.63, 3.8) is 0 Å². The number of rotatable bonds is 6. The molecule has 4 rings (SSSR count). The molecule has 4 atom stereocenters. The topological polar surface area (TPSA) is 109 Å². The summed E-state index contributed by atoms with van der Waals surface area (Å²) >= 11 is 3.73. The number of amides is 1. The number of carboxylic acid groups (broad SMARTS) is 1. The predicted molar refractivity (Wildman–Crippen MR) is 143 cm³/mol. The molecule has 1 unspecified atom stereocenters. The van der Waals surface area contributed by atoms with Crippen LogP contribution in [0.25, 0.3) is 0 Å². The number of alkyl halides is 1. The zero-order valence-corrected chi connectivity index (χ0v) is 23.8. The molecule has 198 valence electrons. The lowest BCUT2D eigenvalue weighted by Crippen LogP contribution is -2.58. The first-order valence-electron chi connectivity index (χ1n) is 12.7. The van der Waals surface area contributed by atoms with Crippen molar-refractivity contribution in [2.24, 2.45) is 11.3 Å². The summed E-state index contributed by atoms with van der Waals surface area (Å²) in [5, 5.41) is 14.7. The van der Waals surface area contributed by atoms with Gasteiger partial charge in [0.05, 0.1) is 17.7 Å². The van der Waals surface area contributed by atoms with E-state index in [0.717, 1.165) is 5.57 Å². The predicted octanol–water partition coefficient (Wildman–Crippen LogP) is 5.77. The number of pyridine rings is 1. The maximum absolute atomic E-state index is 14.6. The van der Waals surface area contributed by atoms with E-state index in [1.54, 1.807) is 24.1 Å². The second kappa shape index (κ2) is 9.82. The van der Waals surface area contributed by atoms with Gasteiger partial charge in [0.2, 0.25) is 11.8 Å². The van der Waals surface area contributed by atoms with Gasteiger partial charge in [-0.2, -0.15) is 4.98 Å². The fourth-order valence-electron chi connectivity index (χ4n) is 5.58. The number of likely N-dealkylation sites (tertiary alicyclic amines) is 1. The van der Waals surface area contributed by atoms with Crippen molar-refractivity contribution in [1.29, 1.82) is 0 Å². The second-order valence-corrected chi connectivity index (χ2v) is 13.0. The molecule has 0 aromatic carbocycles. The van der Waals surface area contributed by atoms with Crippen LogP contribution in [0.5, 0.6) is 0 Å². The molecule has 1 fully saturated rings. The Labute approximate surface area is 226 Å². The molecular formula is C28H35BrN4O4. The zero-order chi connectivity index (χ0) is 27.2. The molecule has 2 aromatic heterocycles. The minimum Gasteiger partial charge on any atom is -0.479 e. The van der Waals surface area contributed by atoms with Gasteiger partial charge in [-0.05, 0) is 55.2 Å². The highest BCUT2D eigenvalue weighted by Crippen LogP contribution is 2.55. The third kappa shape index (κ3) is 5.02. The van der Waals surface area contributed by atoms with Crippen LogP contribution in [-0.2, 0) is 9.59 Å². The van der Waals surface area contributed by atoms with Crippen LogP contribution in [0.4, 0.5) is 0 Å². The van der Waals surface area contributed by atoms with Crippen LogP contribution in [0.1, 0.15) is 83.2 Å². The smallest absolute Gasteiger partial charge is 0.329 e. The van der Waals surface area contributed by atoms with Gasteiger partial charge in [-0.3, -0.25) is 9.78 Å². The molecule has 1 saturated heterocycles. The standard InChI is InChI=1S/C28H35BrN4O4/c1-17(2)15-28(25(35)36)16-20(23-31-18(3)32-37-23)22(21-9-7-8-14-30-21)33(28)24(34)27(29)12-10-19(11-13-27)26(4,5)6/h7-12,14,17,20,22H,13,15-16H2,1-6H3,(H,35,36)/t20-,22-,27?,28+/m1/s1. The summed E-state index contributed by atoms with van der Waals surface area (Å²) < 4.78 is 4.48. The third-order valence-electron chi connectivity index (χ3n) is 7.26. The van der Waals surface area contributed by atoms with E-state index in [2.05, 4.69) is 57.9 Å². The quantitative estimate of drug-likeness (QED) is 0.439. The van der Waals surface area contributed by atoms with E-state index in [0.29, 0.717) is 23.8 Å². The molecule has 0 bridgehead atoms. The molecular weight excluding hydrogens is 536 g/mol. The molecule has 0 spiro atoms. The number of allylic oxidation sites excluding steroid dienone is 3. The lowest BCUT2D eigenvalue weighted by Gasteiger charge is -2.43. The molecule has 0 radical (unpaired) electrons. The average Bonchev–Trinajstić information content (AvgIpc) is 3.40. The minimum atomic E-state index is -1.48. The molecule has 0 saturated carbocycles. The Morgan fingerprint density at radius 3 is 2.51 bits per heavy atom. The molecule has 1 aliphatic carbocycles. The van der Waals surface area contributed by atoms with Gasteiger partial charge in [-0.1, -0.05) is 80.0 Å². The van der Waals surface area contributed by atoms with Gasteiger partial charge in [0, 0.05) is 6.20 Å². The highest BCUT2D eigenvalue weighted by molar-refractivity contribution is 9.10. The van der Waals surface area contributed by atoms with E-state index in [9.17, 15) is 14.7 Å². The first-order chi connectivity index (χ1) is 17.3. The second-order valence-electron chi connectivity index (χ2n) is 11.6. The number of carbonyl (C=O) groups is 2. The molecule has 9 heteroatoms. The van der Waals surface area contributed by atoms with Crippen molar-refractivity contribution in [1.82, 2.24) is 20.0 Å². The van der Waals surface area contributed by atoms with Crippen molar-refractivity contribution in [2.75, 3.05) is 0 Å². The van der Waals surface area contributed by atoms with Crippen LogP contribution in [0.2, 0.25) is 0 Å². The number of carboxylic acids is 1. The molecule has 1 aliphatic heterocycles.